The fourth-order valence-corrected chi connectivity index (χ4v) is 5.21. The van der Waals surface area contributed by atoms with Crippen molar-refractivity contribution in [3.05, 3.63) is 11.8 Å². The highest BCUT2D eigenvalue weighted by atomic mass is 16.2. The van der Waals surface area contributed by atoms with Crippen LogP contribution in [0.2, 0.25) is 0 Å². The molecule has 24 heavy (non-hydrogen) atoms. The average Bonchev–Trinajstić information content (AvgIpc) is 3.25. The predicted molar refractivity (Wildman–Crippen MR) is 94.9 cm³/mol. The van der Waals surface area contributed by atoms with Crippen molar-refractivity contribution in [1.29, 1.82) is 5.26 Å². The number of hydrogen-bond acceptors (Lipinski definition) is 3. The maximum absolute atomic E-state index is 12.6. The molecule has 3 aliphatic rings. The summed E-state index contributed by atoms with van der Waals surface area (Å²) >= 11 is 0. The van der Waals surface area contributed by atoms with Crippen LogP contribution in [0.25, 0.3) is 0 Å². The van der Waals surface area contributed by atoms with Crippen LogP contribution in [0, 0.1) is 29.1 Å². The maximum Gasteiger partial charge on any atom is 0.265 e. The zero-order chi connectivity index (χ0) is 17.1. The number of hydrogen-bond donors (Lipinski definition) is 1. The molecule has 0 aromatic carbocycles. The molecule has 4 unspecified atom stereocenters. The van der Waals surface area contributed by atoms with Crippen molar-refractivity contribution in [3.8, 4) is 6.07 Å². The standard InChI is InChI=1S/C20H31N3O/c1-14(19-11-15-8-9-16(19)10-15)22-13-17(12-21)20(24)23(2)18-6-4-3-5-7-18/h13-16,18-19,22H,3-11H2,1-2H3/b17-13-. The van der Waals surface area contributed by atoms with Crippen molar-refractivity contribution in [2.75, 3.05) is 7.05 Å². The SMILES string of the molecule is CC(N/C=C(/C#N)C(=O)N(C)C1CCCCC1)C1CC2CCC1C2. The van der Waals surface area contributed by atoms with E-state index in [9.17, 15) is 10.1 Å². The summed E-state index contributed by atoms with van der Waals surface area (Å²) in [5.74, 6) is 2.34. The van der Waals surface area contributed by atoms with Gasteiger partial charge in [-0.2, -0.15) is 5.26 Å². The van der Waals surface area contributed by atoms with Gasteiger partial charge >= 0.3 is 0 Å². The maximum atomic E-state index is 12.6. The topological polar surface area (TPSA) is 56.1 Å². The number of fused-ring (bicyclic) bond motifs is 2. The fraction of sp³-hybridized carbons (Fsp3) is 0.800. The van der Waals surface area contributed by atoms with E-state index in [1.165, 1.54) is 44.9 Å². The molecule has 0 spiro atoms. The number of nitrogens with zero attached hydrogens (tertiary/aromatic N) is 2. The van der Waals surface area contributed by atoms with E-state index in [0.717, 1.165) is 24.7 Å². The minimum absolute atomic E-state index is 0.128. The molecule has 3 saturated carbocycles. The number of likely N-dealkylation sites (N-methyl/N-ethyl adjacent to an activating group) is 1. The third-order valence-electron chi connectivity index (χ3n) is 6.72. The van der Waals surface area contributed by atoms with Crippen LogP contribution in [-0.4, -0.2) is 29.9 Å². The second-order valence-electron chi connectivity index (χ2n) is 8.17. The third kappa shape index (κ3) is 3.61. The molecule has 1 N–H and O–H groups in total. The summed E-state index contributed by atoms with van der Waals surface area (Å²) in [6.07, 6.45) is 12.9. The second kappa shape index (κ2) is 7.59. The summed E-state index contributed by atoms with van der Waals surface area (Å²) in [7, 11) is 1.85. The number of carbonyl (C=O) groups is 1. The molecule has 0 aromatic heterocycles. The Morgan fingerprint density at radius 3 is 2.54 bits per heavy atom. The average molecular weight is 329 g/mol. The first-order chi connectivity index (χ1) is 11.6. The lowest BCUT2D eigenvalue weighted by Gasteiger charge is -2.31. The number of rotatable bonds is 5. The first-order valence-electron chi connectivity index (χ1n) is 9.73. The van der Waals surface area contributed by atoms with Gasteiger partial charge in [0.1, 0.15) is 11.6 Å². The summed E-state index contributed by atoms with van der Waals surface area (Å²) in [5.41, 5.74) is 0.248. The Labute approximate surface area is 146 Å². The lowest BCUT2D eigenvalue weighted by Crippen LogP contribution is -2.39. The minimum Gasteiger partial charge on any atom is -0.387 e. The molecule has 0 heterocycles. The highest BCUT2D eigenvalue weighted by Crippen LogP contribution is 2.49. The van der Waals surface area contributed by atoms with Crippen molar-refractivity contribution in [2.24, 2.45) is 17.8 Å². The van der Waals surface area contributed by atoms with Gasteiger partial charge in [-0.25, -0.2) is 0 Å². The van der Waals surface area contributed by atoms with E-state index in [-0.39, 0.29) is 11.5 Å². The molecule has 2 bridgehead atoms. The monoisotopic (exact) mass is 329 g/mol. The van der Waals surface area contributed by atoms with E-state index in [1.54, 1.807) is 11.1 Å². The Hall–Kier alpha value is -1.50. The molecular weight excluding hydrogens is 298 g/mol. The van der Waals surface area contributed by atoms with Crippen LogP contribution in [0.4, 0.5) is 0 Å². The van der Waals surface area contributed by atoms with Crippen LogP contribution >= 0.6 is 0 Å². The molecule has 0 aliphatic heterocycles. The first-order valence-corrected chi connectivity index (χ1v) is 9.73. The quantitative estimate of drug-likeness (QED) is 0.619. The lowest BCUT2D eigenvalue weighted by molar-refractivity contribution is -0.128. The Balaban J connectivity index is 1.57. The van der Waals surface area contributed by atoms with Crippen LogP contribution in [0.1, 0.15) is 64.7 Å². The van der Waals surface area contributed by atoms with Gasteiger partial charge in [-0.05, 0) is 56.8 Å². The smallest absolute Gasteiger partial charge is 0.265 e. The Morgan fingerprint density at radius 2 is 1.96 bits per heavy atom. The van der Waals surface area contributed by atoms with Crippen LogP contribution in [-0.2, 0) is 4.79 Å². The molecule has 132 valence electrons. The highest BCUT2D eigenvalue weighted by molar-refractivity contribution is 5.97. The summed E-state index contributed by atoms with van der Waals surface area (Å²) in [5, 5.41) is 12.8. The molecule has 0 radical (unpaired) electrons. The van der Waals surface area contributed by atoms with Gasteiger partial charge in [-0.3, -0.25) is 4.79 Å². The minimum atomic E-state index is -0.128. The molecule has 4 heteroatoms. The van der Waals surface area contributed by atoms with E-state index in [1.807, 2.05) is 7.05 Å². The van der Waals surface area contributed by atoms with E-state index in [2.05, 4.69) is 18.3 Å². The lowest BCUT2D eigenvalue weighted by atomic mass is 9.84. The molecule has 4 nitrogen and oxygen atoms in total. The highest BCUT2D eigenvalue weighted by Gasteiger charge is 2.41. The molecule has 1 amide bonds. The van der Waals surface area contributed by atoms with Gasteiger partial charge in [0, 0.05) is 25.3 Å². The van der Waals surface area contributed by atoms with Gasteiger partial charge in [0.2, 0.25) is 0 Å². The van der Waals surface area contributed by atoms with Gasteiger partial charge in [0.05, 0.1) is 0 Å². The molecule has 0 saturated heterocycles. The molecule has 3 rings (SSSR count). The van der Waals surface area contributed by atoms with Crippen molar-refractivity contribution < 1.29 is 4.79 Å². The number of nitriles is 1. The van der Waals surface area contributed by atoms with E-state index >= 15 is 0 Å². The summed E-state index contributed by atoms with van der Waals surface area (Å²) in [6.45, 7) is 2.20. The van der Waals surface area contributed by atoms with E-state index < -0.39 is 0 Å². The third-order valence-corrected chi connectivity index (χ3v) is 6.72. The Bertz CT molecular complexity index is 529. The molecule has 3 aliphatic carbocycles. The summed E-state index contributed by atoms with van der Waals surface area (Å²) < 4.78 is 0. The van der Waals surface area contributed by atoms with Crippen LogP contribution < -0.4 is 5.32 Å². The number of carbonyl (C=O) groups excluding carboxylic acids is 1. The van der Waals surface area contributed by atoms with Crippen LogP contribution in [0.3, 0.4) is 0 Å². The number of nitrogens with one attached hydrogen (secondary N) is 1. The normalized spacial score (nSPS) is 31.5. The van der Waals surface area contributed by atoms with Gasteiger partial charge in [-0.15, -0.1) is 0 Å². The fourth-order valence-electron chi connectivity index (χ4n) is 5.21. The summed E-state index contributed by atoms with van der Waals surface area (Å²) in [4.78, 5) is 14.4. The zero-order valence-electron chi connectivity index (χ0n) is 15.1. The van der Waals surface area contributed by atoms with E-state index in [0.29, 0.717) is 18.0 Å². The molecule has 0 aromatic rings. The van der Waals surface area contributed by atoms with Gasteiger partial charge < -0.3 is 10.2 Å². The molecule has 4 atom stereocenters. The molecule has 3 fully saturated rings. The Morgan fingerprint density at radius 1 is 1.21 bits per heavy atom. The van der Waals surface area contributed by atoms with Crippen molar-refractivity contribution >= 4 is 5.91 Å². The largest absolute Gasteiger partial charge is 0.387 e. The van der Waals surface area contributed by atoms with Gasteiger partial charge in [0.15, 0.2) is 0 Å². The van der Waals surface area contributed by atoms with Crippen LogP contribution in [0.5, 0.6) is 0 Å². The first kappa shape index (κ1) is 17.3. The summed E-state index contributed by atoms with van der Waals surface area (Å²) in [6, 6.07) is 2.75. The van der Waals surface area contributed by atoms with Crippen molar-refractivity contribution in [2.45, 2.75) is 76.8 Å². The van der Waals surface area contributed by atoms with Crippen molar-refractivity contribution in [3.63, 3.8) is 0 Å². The molecular formula is C20H31N3O. The van der Waals surface area contributed by atoms with E-state index in [4.69, 9.17) is 0 Å². The number of amides is 1. The zero-order valence-corrected chi connectivity index (χ0v) is 15.1. The van der Waals surface area contributed by atoms with Gasteiger partial charge in [-0.1, -0.05) is 25.7 Å². The second-order valence-corrected chi connectivity index (χ2v) is 8.17. The Kier molecular flexibility index (Phi) is 5.48. The van der Waals surface area contributed by atoms with Crippen molar-refractivity contribution in [1.82, 2.24) is 10.2 Å². The van der Waals surface area contributed by atoms with Gasteiger partial charge in [0.25, 0.3) is 5.91 Å². The predicted octanol–water partition coefficient (Wildman–Crippen LogP) is 3.60. The van der Waals surface area contributed by atoms with Crippen LogP contribution in [0.15, 0.2) is 11.8 Å².